The minimum atomic E-state index is 0.604. The van der Waals surface area contributed by atoms with Gasteiger partial charge in [-0.25, -0.2) is 0 Å². The topological polar surface area (TPSA) is 57.2 Å². The summed E-state index contributed by atoms with van der Waals surface area (Å²) in [5.41, 5.74) is 0. The van der Waals surface area contributed by atoms with Gasteiger partial charge in [-0.1, -0.05) is 0 Å². The molecule has 0 unspecified atom stereocenters. The van der Waals surface area contributed by atoms with E-state index in [4.69, 9.17) is 0 Å². The van der Waals surface area contributed by atoms with Crippen molar-refractivity contribution in [1.29, 1.82) is 0 Å². The second-order valence-corrected chi connectivity index (χ2v) is 4.85. The van der Waals surface area contributed by atoms with Crippen molar-refractivity contribution in [1.82, 2.24) is 20.1 Å². The van der Waals surface area contributed by atoms with Crippen molar-refractivity contribution in [2.75, 3.05) is 43.4 Å². The third-order valence-electron chi connectivity index (χ3n) is 3.26. The molecule has 1 aliphatic heterocycles. The Labute approximate surface area is 101 Å². The summed E-state index contributed by atoms with van der Waals surface area (Å²) in [4.78, 5) is 9.04. The number of aromatic nitrogens is 3. The minimum Gasteiger partial charge on any atom is -0.366 e. The Hall–Kier alpha value is -1.43. The van der Waals surface area contributed by atoms with Gasteiger partial charge in [0.1, 0.15) is 0 Å². The Balaban J connectivity index is 1.68. The van der Waals surface area contributed by atoms with Crippen LogP contribution in [0.3, 0.4) is 0 Å². The fraction of sp³-hybridized carbons (Fsp3) is 0.727. The Kier molecular flexibility index (Phi) is 2.80. The van der Waals surface area contributed by atoms with Gasteiger partial charge in [0.05, 0.1) is 6.20 Å². The molecule has 0 radical (unpaired) electrons. The number of anilines is 2. The highest BCUT2D eigenvalue weighted by atomic mass is 15.4. The Morgan fingerprint density at radius 3 is 2.71 bits per heavy atom. The zero-order chi connectivity index (χ0) is 11.7. The van der Waals surface area contributed by atoms with E-state index in [-0.39, 0.29) is 0 Å². The zero-order valence-corrected chi connectivity index (χ0v) is 10.1. The molecular weight excluding hydrogens is 216 g/mol. The van der Waals surface area contributed by atoms with E-state index in [0.717, 1.165) is 37.9 Å². The molecule has 1 aromatic rings. The normalized spacial score (nSPS) is 21.6. The molecule has 2 heterocycles. The van der Waals surface area contributed by atoms with Crippen LogP contribution in [0.15, 0.2) is 6.20 Å². The fourth-order valence-corrected chi connectivity index (χ4v) is 1.94. The van der Waals surface area contributed by atoms with E-state index in [2.05, 4.69) is 37.3 Å². The van der Waals surface area contributed by atoms with Crippen LogP contribution in [-0.2, 0) is 0 Å². The molecule has 0 atom stereocenters. The lowest BCUT2D eigenvalue weighted by Gasteiger charge is -2.32. The first-order valence-electron chi connectivity index (χ1n) is 6.21. The van der Waals surface area contributed by atoms with Crippen LogP contribution < -0.4 is 10.2 Å². The number of nitrogens with zero attached hydrogens (tertiary/aromatic N) is 5. The smallest absolute Gasteiger partial charge is 0.247 e. The first kappa shape index (κ1) is 10.7. The molecule has 1 aliphatic carbocycles. The maximum atomic E-state index is 4.52. The fourth-order valence-electron chi connectivity index (χ4n) is 1.94. The first-order valence-corrected chi connectivity index (χ1v) is 6.21. The van der Waals surface area contributed by atoms with Gasteiger partial charge in [0, 0.05) is 32.2 Å². The third-order valence-corrected chi connectivity index (χ3v) is 3.26. The molecule has 1 saturated carbocycles. The largest absolute Gasteiger partial charge is 0.366 e. The van der Waals surface area contributed by atoms with Crippen LogP contribution in [0.2, 0.25) is 0 Å². The Morgan fingerprint density at radius 2 is 2.00 bits per heavy atom. The van der Waals surface area contributed by atoms with Gasteiger partial charge in [-0.2, -0.15) is 10.1 Å². The van der Waals surface area contributed by atoms with Crippen LogP contribution in [-0.4, -0.2) is 59.3 Å². The van der Waals surface area contributed by atoms with Gasteiger partial charge in [-0.3, -0.25) is 0 Å². The van der Waals surface area contributed by atoms with Crippen molar-refractivity contribution in [2.24, 2.45) is 0 Å². The molecule has 17 heavy (non-hydrogen) atoms. The summed E-state index contributed by atoms with van der Waals surface area (Å²) in [6.07, 6.45) is 4.19. The summed E-state index contributed by atoms with van der Waals surface area (Å²) in [5.74, 6) is 1.61. The molecule has 1 N–H and O–H groups in total. The van der Waals surface area contributed by atoms with Crippen molar-refractivity contribution in [2.45, 2.75) is 18.9 Å². The van der Waals surface area contributed by atoms with Gasteiger partial charge in [0.2, 0.25) is 5.95 Å². The average Bonchev–Trinajstić information content (AvgIpc) is 3.14. The van der Waals surface area contributed by atoms with Crippen molar-refractivity contribution >= 4 is 11.8 Å². The van der Waals surface area contributed by atoms with Gasteiger partial charge in [-0.05, 0) is 19.9 Å². The predicted octanol–water partition coefficient (Wildman–Crippen LogP) is 0.198. The van der Waals surface area contributed by atoms with E-state index in [1.54, 1.807) is 6.20 Å². The van der Waals surface area contributed by atoms with Crippen molar-refractivity contribution in [3.05, 3.63) is 6.20 Å². The summed E-state index contributed by atoms with van der Waals surface area (Å²) in [5, 5.41) is 11.5. The minimum absolute atomic E-state index is 0.604. The number of hydrogen-bond acceptors (Lipinski definition) is 6. The quantitative estimate of drug-likeness (QED) is 0.806. The van der Waals surface area contributed by atoms with Crippen LogP contribution in [0.5, 0.6) is 0 Å². The van der Waals surface area contributed by atoms with Crippen molar-refractivity contribution in [3.8, 4) is 0 Å². The molecule has 0 spiro atoms. The summed E-state index contributed by atoms with van der Waals surface area (Å²) in [6.45, 7) is 4.07. The average molecular weight is 234 g/mol. The van der Waals surface area contributed by atoms with Gasteiger partial charge < -0.3 is 15.1 Å². The lowest BCUT2D eigenvalue weighted by molar-refractivity contribution is 0.311. The van der Waals surface area contributed by atoms with Crippen LogP contribution in [0.25, 0.3) is 0 Å². The van der Waals surface area contributed by atoms with Crippen LogP contribution >= 0.6 is 0 Å². The van der Waals surface area contributed by atoms with Crippen molar-refractivity contribution < 1.29 is 0 Å². The standard InChI is InChI=1S/C11H18N6/c1-16-4-6-17(7-5-16)11-14-10(8-12-15-11)13-9-2-3-9/h8-9H,2-7H2,1H3,(H,13,14,15). The maximum absolute atomic E-state index is 4.52. The summed E-state index contributed by atoms with van der Waals surface area (Å²) < 4.78 is 0. The molecule has 92 valence electrons. The number of likely N-dealkylation sites (N-methyl/N-ethyl adjacent to an activating group) is 1. The van der Waals surface area contributed by atoms with E-state index >= 15 is 0 Å². The number of piperazine rings is 1. The molecule has 6 nitrogen and oxygen atoms in total. The zero-order valence-electron chi connectivity index (χ0n) is 10.1. The Bertz CT molecular complexity index is 383. The molecule has 0 amide bonds. The molecule has 2 aliphatic rings. The molecule has 0 aromatic carbocycles. The van der Waals surface area contributed by atoms with E-state index in [0.29, 0.717) is 6.04 Å². The predicted molar refractivity (Wildman–Crippen MR) is 66.2 cm³/mol. The molecule has 6 heteroatoms. The summed E-state index contributed by atoms with van der Waals surface area (Å²) in [7, 11) is 2.14. The maximum Gasteiger partial charge on any atom is 0.247 e. The summed E-state index contributed by atoms with van der Waals surface area (Å²) >= 11 is 0. The molecule has 3 rings (SSSR count). The van der Waals surface area contributed by atoms with Gasteiger partial charge >= 0.3 is 0 Å². The molecule has 2 fully saturated rings. The van der Waals surface area contributed by atoms with Gasteiger partial charge in [0.25, 0.3) is 0 Å². The van der Waals surface area contributed by atoms with Crippen LogP contribution in [0.1, 0.15) is 12.8 Å². The second-order valence-electron chi connectivity index (χ2n) is 4.85. The molecule has 0 bridgehead atoms. The van der Waals surface area contributed by atoms with E-state index < -0.39 is 0 Å². The number of hydrogen-bond donors (Lipinski definition) is 1. The SMILES string of the molecule is CN1CCN(c2nncc(NC3CC3)n2)CC1. The Morgan fingerprint density at radius 1 is 1.24 bits per heavy atom. The van der Waals surface area contributed by atoms with E-state index in [1.165, 1.54) is 12.8 Å². The van der Waals surface area contributed by atoms with E-state index in [9.17, 15) is 0 Å². The van der Waals surface area contributed by atoms with Crippen LogP contribution in [0, 0.1) is 0 Å². The summed E-state index contributed by atoms with van der Waals surface area (Å²) in [6, 6.07) is 0.604. The monoisotopic (exact) mass is 234 g/mol. The highest BCUT2D eigenvalue weighted by molar-refractivity contribution is 5.40. The first-order chi connectivity index (χ1) is 8.31. The number of nitrogens with one attached hydrogen (secondary N) is 1. The lowest BCUT2D eigenvalue weighted by atomic mass is 10.3. The highest BCUT2D eigenvalue weighted by Crippen LogP contribution is 2.23. The molecule has 1 aromatic heterocycles. The second kappa shape index (κ2) is 4.44. The third kappa shape index (κ3) is 2.63. The lowest BCUT2D eigenvalue weighted by Crippen LogP contribution is -2.45. The number of rotatable bonds is 3. The molecule has 1 saturated heterocycles. The highest BCUT2D eigenvalue weighted by Gasteiger charge is 2.22. The molecular formula is C11H18N6. The van der Waals surface area contributed by atoms with E-state index in [1.807, 2.05) is 0 Å². The van der Waals surface area contributed by atoms with Gasteiger partial charge in [0.15, 0.2) is 5.82 Å². The van der Waals surface area contributed by atoms with Crippen molar-refractivity contribution in [3.63, 3.8) is 0 Å². The van der Waals surface area contributed by atoms with Gasteiger partial charge in [-0.15, -0.1) is 5.10 Å². The van der Waals surface area contributed by atoms with Crippen LogP contribution in [0.4, 0.5) is 11.8 Å².